The molecule has 0 aromatic carbocycles. The summed E-state index contributed by atoms with van der Waals surface area (Å²) in [4.78, 5) is 3.98. The molecule has 1 saturated heterocycles. The Kier molecular flexibility index (Phi) is 3.73. The molecular formula is C12H15N3O3S. The average molecular weight is 281 g/mol. The predicted octanol–water partition coefficient (Wildman–Crippen LogP) is 0.754. The summed E-state index contributed by atoms with van der Waals surface area (Å²) in [5, 5.41) is 8.22. The summed E-state index contributed by atoms with van der Waals surface area (Å²) >= 11 is 0. The van der Waals surface area contributed by atoms with Crippen molar-refractivity contribution in [2.24, 2.45) is 0 Å². The highest BCUT2D eigenvalue weighted by molar-refractivity contribution is 7.89. The molecule has 1 aliphatic rings. The Hall–Kier alpha value is -1.65. The predicted molar refractivity (Wildman–Crippen MR) is 69.0 cm³/mol. The number of nitrogens with zero attached hydrogens (tertiary/aromatic N) is 3. The number of aromatic nitrogens is 1. The molecule has 1 aromatic heterocycles. The quantitative estimate of drug-likeness (QED) is 0.813. The van der Waals surface area contributed by atoms with Crippen LogP contribution >= 0.6 is 0 Å². The van der Waals surface area contributed by atoms with E-state index in [4.69, 9.17) is 10.00 Å². The minimum atomic E-state index is -3.19. The second-order valence-electron chi connectivity index (χ2n) is 4.65. The van der Waals surface area contributed by atoms with Gasteiger partial charge in [-0.3, -0.25) is 0 Å². The van der Waals surface area contributed by atoms with Crippen molar-refractivity contribution < 1.29 is 13.2 Å². The third-order valence-electron chi connectivity index (χ3n) is 2.92. The lowest BCUT2D eigenvalue weighted by atomic mass is 10.2. The van der Waals surface area contributed by atoms with E-state index in [1.165, 1.54) is 10.5 Å². The summed E-state index contributed by atoms with van der Waals surface area (Å²) in [5.41, 5.74) is 0.463. The highest BCUT2D eigenvalue weighted by Crippen LogP contribution is 2.21. The maximum Gasteiger partial charge on any atom is 0.216 e. The van der Waals surface area contributed by atoms with Gasteiger partial charge in [0.1, 0.15) is 12.2 Å². The fourth-order valence-electron chi connectivity index (χ4n) is 1.67. The van der Waals surface area contributed by atoms with Gasteiger partial charge in [0.25, 0.3) is 0 Å². The zero-order valence-electron chi connectivity index (χ0n) is 10.8. The van der Waals surface area contributed by atoms with Gasteiger partial charge in [0.05, 0.1) is 23.9 Å². The standard InChI is InChI=1S/C12H15N3O3S/c1-9(2)19(16,17)15-7-11(8-15)18-12-4-3-10(5-13)6-14-12/h3-4,6,9,11H,7-8H2,1-2H3. The molecule has 2 rings (SSSR count). The van der Waals surface area contributed by atoms with Crippen molar-refractivity contribution in [3.8, 4) is 11.9 Å². The summed E-state index contributed by atoms with van der Waals surface area (Å²) in [6.07, 6.45) is 1.25. The molecule has 0 aliphatic carbocycles. The molecule has 0 atom stereocenters. The van der Waals surface area contributed by atoms with Crippen LogP contribution in [-0.4, -0.2) is 42.2 Å². The van der Waals surface area contributed by atoms with E-state index >= 15 is 0 Å². The number of nitriles is 1. The van der Waals surface area contributed by atoms with Gasteiger partial charge in [-0.1, -0.05) is 0 Å². The molecule has 1 aromatic rings. The van der Waals surface area contributed by atoms with Crippen LogP contribution in [0, 0.1) is 11.3 Å². The minimum Gasteiger partial charge on any atom is -0.472 e. The fourth-order valence-corrected chi connectivity index (χ4v) is 3.01. The highest BCUT2D eigenvalue weighted by Gasteiger charge is 2.38. The first-order valence-corrected chi connectivity index (χ1v) is 7.45. The van der Waals surface area contributed by atoms with Crippen LogP contribution in [0.5, 0.6) is 5.88 Å². The zero-order chi connectivity index (χ0) is 14.0. The van der Waals surface area contributed by atoms with Crippen molar-refractivity contribution in [2.45, 2.75) is 25.2 Å². The maximum atomic E-state index is 11.8. The number of rotatable bonds is 4. The Morgan fingerprint density at radius 2 is 2.16 bits per heavy atom. The third-order valence-corrected chi connectivity index (χ3v) is 5.13. The van der Waals surface area contributed by atoms with Crippen molar-refractivity contribution in [3.05, 3.63) is 23.9 Å². The smallest absolute Gasteiger partial charge is 0.216 e. The Balaban J connectivity index is 1.90. The van der Waals surface area contributed by atoms with Gasteiger partial charge in [-0.15, -0.1) is 0 Å². The molecule has 0 radical (unpaired) electrons. The fraction of sp³-hybridized carbons (Fsp3) is 0.500. The molecule has 7 heteroatoms. The van der Waals surface area contributed by atoms with Crippen LogP contribution in [0.1, 0.15) is 19.4 Å². The van der Waals surface area contributed by atoms with E-state index in [9.17, 15) is 8.42 Å². The molecule has 19 heavy (non-hydrogen) atoms. The van der Waals surface area contributed by atoms with Gasteiger partial charge >= 0.3 is 0 Å². The van der Waals surface area contributed by atoms with Gasteiger partial charge in [0.15, 0.2) is 0 Å². The van der Waals surface area contributed by atoms with Crippen LogP contribution in [0.2, 0.25) is 0 Å². The van der Waals surface area contributed by atoms with Crippen LogP contribution in [0.15, 0.2) is 18.3 Å². The van der Waals surface area contributed by atoms with Gasteiger partial charge in [0, 0.05) is 12.3 Å². The van der Waals surface area contributed by atoms with E-state index in [0.29, 0.717) is 24.5 Å². The molecule has 0 spiro atoms. The lowest BCUT2D eigenvalue weighted by Crippen LogP contribution is -2.57. The highest BCUT2D eigenvalue weighted by atomic mass is 32.2. The average Bonchev–Trinajstić information content (AvgIpc) is 2.33. The molecule has 0 amide bonds. The molecule has 0 bridgehead atoms. The van der Waals surface area contributed by atoms with Crippen molar-refractivity contribution >= 4 is 10.0 Å². The first-order valence-electron chi connectivity index (χ1n) is 5.95. The molecule has 102 valence electrons. The summed E-state index contributed by atoms with van der Waals surface area (Å²) < 4.78 is 30.6. The zero-order valence-corrected chi connectivity index (χ0v) is 11.6. The second kappa shape index (κ2) is 5.15. The van der Waals surface area contributed by atoms with E-state index in [0.717, 1.165) is 0 Å². The summed E-state index contributed by atoms with van der Waals surface area (Å²) in [7, 11) is -3.19. The van der Waals surface area contributed by atoms with E-state index in [1.807, 2.05) is 6.07 Å². The minimum absolute atomic E-state index is 0.172. The van der Waals surface area contributed by atoms with Gasteiger partial charge in [0.2, 0.25) is 15.9 Å². The number of sulfonamides is 1. The Morgan fingerprint density at radius 1 is 1.47 bits per heavy atom. The van der Waals surface area contributed by atoms with Crippen LogP contribution < -0.4 is 4.74 Å². The number of hydrogen-bond donors (Lipinski definition) is 0. The van der Waals surface area contributed by atoms with Crippen LogP contribution in [0.25, 0.3) is 0 Å². The molecule has 1 fully saturated rings. The summed E-state index contributed by atoms with van der Waals surface area (Å²) in [6.45, 7) is 4.02. The van der Waals surface area contributed by atoms with E-state index in [-0.39, 0.29) is 6.10 Å². The van der Waals surface area contributed by atoms with Crippen LogP contribution in [0.3, 0.4) is 0 Å². The third kappa shape index (κ3) is 2.85. The first-order chi connectivity index (χ1) is 8.93. The largest absolute Gasteiger partial charge is 0.472 e. The summed E-state index contributed by atoms with van der Waals surface area (Å²) in [5.74, 6) is 0.408. The molecule has 6 nitrogen and oxygen atoms in total. The normalized spacial score (nSPS) is 16.9. The lowest BCUT2D eigenvalue weighted by molar-refractivity contribution is 0.0716. The lowest BCUT2D eigenvalue weighted by Gasteiger charge is -2.38. The van der Waals surface area contributed by atoms with Crippen LogP contribution in [-0.2, 0) is 10.0 Å². The number of ether oxygens (including phenoxy) is 1. The molecule has 0 saturated carbocycles. The summed E-state index contributed by atoms with van der Waals surface area (Å²) in [6, 6.07) is 5.19. The van der Waals surface area contributed by atoms with Crippen molar-refractivity contribution in [3.63, 3.8) is 0 Å². The van der Waals surface area contributed by atoms with Crippen LogP contribution in [0.4, 0.5) is 0 Å². The second-order valence-corrected chi connectivity index (χ2v) is 7.14. The van der Waals surface area contributed by atoms with E-state index in [2.05, 4.69) is 4.98 Å². The number of hydrogen-bond acceptors (Lipinski definition) is 5. The topological polar surface area (TPSA) is 83.3 Å². The monoisotopic (exact) mass is 281 g/mol. The van der Waals surface area contributed by atoms with Crippen molar-refractivity contribution in [1.82, 2.24) is 9.29 Å². The van der Waals surface area contributed by atoms with E-state index in [1.54, 1.807) is 26.0 Å². The molecule has 0 unspecified atom stereocenters. The van der Waals surface area contributed by atoms with Crippen molar-refractivity contribution in [1.29, 1.82) is 5.26 Å². The molecule has 0 N–H and O–H groups in total. The Labute approximate surface area is 112 Å². The van der Waals surface area contributed by atoms with Gasteiger partial charge in [-0.05, 0) is 19.9 Å². The van der Waals surface area contributed by atoms with Gasteiger partial charge in [-0.25, -0.2) is 13.4 Å². The molecule has 2 heterocycles. The van der Waals surface area contributed by atoms with Gasteiger partial charge in [-0.2, -0.15) is 9.57 Å². The Morgan fingerprint density at radius 3 is 2.63 bits per heavy atom. The molecule has 1 aliphatic heterocycles. The molecular weight excluding hydrogens is 266 g/mol. The van der Waals surface area contributed by atoms with Gasteiger partial charge < -0.3 is 4.74 Å². The first kappa shape index (κ1) is 13.8. The Bertz CT molecular complexity index is 584. The maximum absolute atomic E-state index is 11.8. The SMILES string of the molecule is CC(C)S(=O)(=O)N1CC(Oc2ccc(C#N)cn2)C1. The van der Waals surface area contributed by atoms with E-state index < -0.39 is 15.3 Å². The number of pyridine rings is 1. The van der Waals surface area contributed by atoms with Crippen molar-refractivity contribution in [2.75, 3.05) is 13.1 Å².